The fourth-order valence-corrected chi connectivity index (χ4v) is 1.46. The number of carbonyl (C=O) groups excluding carboxylic acids is 1. The first-order chi connectivity index (χ1) is 7.27. The molecule has 0 spiro atoms. The van der Waals surface area contributed by atoms with Crippen molar-refractivity contribution in [2.75, 3.05) is 0 Å². The average molecular weight is 221 g/mol. The van der Waals surface area contributed by atoms with Gasteiger partial charge in [-0.3, -0.25) is 4.79 Å². The summed E-state index contributed by atoms with van der Waals surface area (Å²) < 4.78 is 5.48. The molecule has 1 aliphatic rings. The minimum Gasteiger partial charge on any atom is -0.477 e. The first-order valence-corrected chi connectivity index (χ1v) is 4.95. The van der Waals surface area contributed by atoms with Gasteiger partial charge >= 0.3 is 0 Å². The molecule has 1 aromatic carbocycles. The van der Waals surface area contributed by atoms with Crippen molar-refractivity contribution in [1.29, 1.82) is 0 Å². The summed E-state index contributed by atoms with van der Waals surface area (Å²) in [5.74, 6) is 0.454. The molecule has 0 radical (unpaired) electrons. The van der Waals surface area contributed by atoms with Gasteiger partial charge in [-0.1, -0.05) is 35.9 Å². The van der Waals surface area contributed by atoms with Crippen molar-refractivity contribution >= 4 is 17.4 Å². The fraction of sp³-hybridized carbons (Fsp3) is 0.0833. The molecule has 0 N–H and O–H groups in total. The Morgan fingerprint density at radius 1 is 1.20 bits per heavy atom. The molecule has 0 aliphatic heterocycles. The van der Waals surface area contributed by atoms with E-state index in [0.29, 0.717) is 10.8 Å². The summed E-state index contributed by atoms with van der Waals surface area (Å²) in [6.07, 6.45) is 6.10. The van der Waals surface area contributed by atoms with Crippen molar-refractivity contribution < 1.29 is 9.53 Å². The molecule has 0 amide bonds. The summed E-state index contributed by atoms with van der Waals surface area (Å²) in [6.45, 7) is 0. The molecule has 0 saturated heterocycles. The van der Waals surface area contributed by atoms with Gasteiger partial charge in [-0.15, -0.1) is 0 Å². The van der Waals surface area contributed by atoms with Crippen molar-refractivity contribution in [3.05, 3.63) is 53.6 Å². The lowest BCUT2D eigenvalue weighted by atomic mass is 10.1. The van der Waals surface area contributed by atoms with Gasteiger partial charge in [0.1, 0.15) is 5.75 Å². The molecular weight excluding hydrogens is 212 g/mol. The summed E-state index contributed by atoms with van der Waals surface area (Å²) >= 11 is 5.91. The molecule has 2 rings (SSSR count). The van der Waals surface area contributed by atoms with Crippen molar-refractivity contribution in [2.45, 2.75) is 6.10 Å². The van der Waals surface area contributed by atoms with Crippen LogP contribution in [0.1, 0.15) is 0 Å². The number of para-hydroxylation sites is 1. The van der Waals surface area contributed by atoms with Gasteiger partial charge < -0.3 is 4.74 Å². The zero-order valence-corrected chi connectivity index (χ0v) is 8.65. The third-order valence-corrected chi connectivity index (χ3v) is 2.34. The molecule has 2 nitrogen and oxygen atoms in total. The molecule has 1 aromatic rings. The number of hydrogen-bond acceptors (Lipinski definition) is 2. The van der Waals surface area contributed by atoms with Gasteiger partial charge in [-0.2, -0.15) is 0 Å². The van der Waals surface area contributed by atoms with Gasteiger partial charge in [0.05, 0.1) is 5.02 Å². The molecule has 15 heavy (non-hydrogen) atoms. The number of halogens is 1. The monoisotopic (exact) mass is 220 g/mol. The smallest absolute Gasteiger partial charge is 0.200 e. The SMILES string of the molecule is O=C1C=CC=CC1Oc1ccccc1Cl. The van der Waals surface area contributed by atoms with Crippen LogP contribution in [0.15, 0.2) is 48.6 Å². The highest BCUT2D eigenvalue weighted by Gasteiger charge is 2.17. The van der Waals surface area contributed by atoms with E-state index in [-0.39, 0.29) is 5.78 Å². The number of ether oxygens (including phenoxy) is 1. The Morgan fingerprint density at radius 3 is 2.73 bits per heavy atom. The largest absolute Gasteiger partial charge is 0.477 e. The Hall–Kier alpha value is -1.54. The molecule has 1 unspecified atom stereocenters. The van der Waals surface area contributed by atoms with Crippen LogP contribution < -0.4 is 4.74 Å². The lowest BCUT2D eigenvalue weighted by Gasteiger charge is -2.15. The highest BCUT2D eigenvalue weighted by molar-refractivity contribution is 6.32. The minimum absolute atomic E-state index is 0.0718. The fourth-order valence-electron chi connectivity index (χ4n) is 1.28. The third kappa shape index (κ3) is 2.28. The first-order valence-electron chi connectivity index (χ1n) is 4.57. The van der Waals surface area contributed by atoms with Crippen LogP contribution in [-0.2, 0) is 4.79 Å². The molecule has 76 valence electrons. The van der Waals surface area contributed by atoms with Crippen molar-refractivity contribution in [3.8, 4) is 5.75 Å². The zero-order chi connectivity index (χ0) is 10.7. The van der Waals surface area contributed by atoms with Crippen molar-refractivity contribution in [1.82, 2.24) is 0 Å². The Morgan fingerprint density at radius 2 is 2.00 bits per heavy atom. The van der Waals surface area contributed by atoms with Crippen molar-refractivity contribution in [2.24, 2.45) is 0 Å². The number of carbonyl (C=O) groups is 1. The number of benzene rings is 1. The quantitative estimate of drug-likeness (QED) is 0.766. The minimum atomic E-state index is -0.560. The van der Waals surface area contributed by atoms with Crippen LogP contribution in [0.4, 0.5) is 0 Å². The van der Waals surface area contributed by atoms with Gasteiger partial charge in [0, 0.05) is 0 Å². The molecular formula is C12H9ClO2. The lowest BCUT2D eigenvalue weighted by Crippen LogP contribution is -2.24. The number of rotatable bonds is 2. The highest BCUT2D eigenvalue weighted by atomic mass is 35.5. The van der Waals surface area contributed by atoms with Crippen LogP contribution >= 0.6 is 11.6 Å². The summed E-state index contributed by atoms with van der Waals surface area (Å²) in [6, 6.07) is 7.09. The lowest BCUT2D eigenvalue weighted by molar-refractivity contribution is -0.119. The number of allylic oxidation sites excluding steroid dienone is 2. The Kier molecular flexibility index (Phi) is 2.88. The van der Waals surface area contributed by atoms with E-state index < -0.39 is 6.10 Å². The third-order valence-electron chi connectivity index (χ3n) is 2.03. The van der Waals surface area contributed by atoms with E-state index in [1.165, 1.54) is 6.08 Å². The van der Waals surface area contributed by atoms with E-state index >= 15 is 0 Å². The standard InChI is InChI=1S/C12H9ClO2/c13-9-5-1-3-7-11(9)15-12-8-4-2-6-10(12)14/h1-8,12H. The summed E-state index contributed by atoms with van der Waals surface area (Å²) in [7, 11) is 0. The maximum Gasteiger partial charge on any atom is 0.200 e. The van der Waals surface area contributed by atoms with Crippen LogP contribution in [0.25, 0.3) is 0 Å². The Balaban J connectivity index is 2.16. The van der Waals surface area contributed by atoms with Gasteiger partial charge in [0.15, 0.2) is 11.9 Å². The maximum atomic E-state index is 11.4. The topological polar surface area (TPSA) is 26.3 Å². The summed E-state index contributed by atoms with van der Waals surface area (Å²) in [4.78, 5) is 11.4. The van der Waals surface area contributed by atoms with Crippen LogP contribution in [0.3, 0.4) is 0 Å². The van der Waals surface area contributed by atoms with Crippen molar-refractivity contribution in [3.63, 3.8) is 0 Å². The zero-order valence-electron chi connectivity index (χ0n) is 7.89. The van der Waals surface area contributed by atoms with E-state index in [1.54, 1.807) is 30.4 Å². The predicted octanol–water partition coefficient (Wildman–Crippen LogP) is 2.78. The van der Waals surface area contributed by atoms with Gasteiger partial charge in [-0.05, 0) is 24.3 Å². The van der Waals surface area contributed by atoms with Crippen LogP contribution in [0, 0.1) is 0 Å². The highest BCUT2D eigenvalue weighted by Crippen LogP contribution is 2.25. The van der Waals surface area contributed by atoms with E-state index in [1.807, 2.05) is 12.1 Å². The van der Waals surface area contributed by atoms with E-state index in [4.69, 9.17) is 16.3 Å². The molecule has 0 fully saturated rings. The molecule has 0 aromatic heterocycles. The van der Waals surface area contributed by atoms with Crippen LogP contribution in [0.2, 0.25) is 5.02 Å². The Bertz CT molecular complexity index is 435. The summed E-state index contributed by atoms with van der Waals surface area (Å²) in [5, 5.41) is 0.508. The average Bonchev–Trinajstić information content (AvgIpc) is 2.24. The number of hydrogen-bond donors (Lipinski definition) is 0. The normalized spacial score (nSPS) is 19.3. The second kappa shape index (κ2) is 4.32. The van der Waals surface area contributed by atoms with Crippen LogP contribution in [-0.4, -0.2) is 11.9 Å². The molecule has 3 heteroatoms. The molecule has 0 heterocycles. The molecule has 1 aliphatic carbocycles. The molecule has 0 bridgehead atoms. The summed E-state index contributed by atoms with van der Waals surface area (Å²) in [5.41, 5.74) is 0. The number of ketones is 1. The van der Waals surface area contributed by atoms with E-state index in [2.05, 4.69) is 0 Å². The van der Waals surface area contributed by atoms with E-state index in [9.17, 15) is 4.79 Å². The first kappa shape index (κ1) is 9.99. The second-order valence-corrected chi connectivity index (χ2v) is 3.52. The maximum absolute atomic E-state index is 11.4. The van der Waals surface area contributed by atoms with Gasteiger partial charge in [-0.25, -0.2) is 0 Å². The van der Waals surface area contributed by atoms with Gasteiger partial charge in [0.2, 0.25) is 0 Å². The molecule has 1 atom stereocenters. The second-order valence-electron chi connectivity index (χ2n) is 3.12. The molecule has 0 saturated carbocycles. The van der Waals surface area contributed by atoms with Crippen LogP contribution in [0.5, 0.6) is 5.75 Å². The predicted molar refractivity (Wildman–Crippen MR) is 59.2 cm³/mol. The van der Waals surface area contributed by atoms with E-state index in [0.717, 1.165) is 0 Å². The van der Waals surface area contributed by atoms with Gasteiger partial charge in [0.25, 0.3) is 0 Å². The Labute approximate surface area is 92.8 Å².